The first-order chi connectivity index (χ1) is 7.57. The Balaban J connectivity index is 2.43. The molecule has 0 aliphatic carbocycles. The third kappa shape index (κ3) is 2.95. The molecule has 1 rings (SSSR count). The van der Waals surface area contributed by atoms with Crippen LogP contribution in [0.5, 0.6) is 0 Å². The van der Waals surface area contributed by atoms with Crippen LogP contribution in [0.1, 0.15) is 26.2 Å². The topological polar surface area (TPSA) is 66.8 Å². The van der Waals surface area contributed by atoms with E-state index in [9.17, 15) is 9.59 Å². The second-order valence-corrected chi connectivity index (χ2v) is 4.16. The summed E-state index contributed by atoms with van der Waals surface area (Å²) in [7, 11) is 1.60. The van der Waals surface area contributed by atoms with E-state index in [2.05, 4.69) is 0 Å². The van der Waals surface area contributed by atoms with E-state index in [0.29, 0.717) is 32.4 Å². The van der Waals surface area contributed by atoms with Gasteiger partial charge in [0.25, 0.3) is 0 Å². The lowest BCUT2D eigenvalue weighted by Gasteiger charge is -2.23. The average Bonchev–Trinajstić information content (AvgIpc) is 2.60. The minimum absolute atomic E-state index is 0.0355. The van der Waals surface area contributed by atoms with E-state index in [1.54, 1.807) is 18.9 Å². The van der Waals surface area contributed by atoms with Gasteiger partial charge in [-0.05, 0) is 19.8 Å². The highest BCUT2D eigenvalue weighted by atomic mass is 16.5. The van der Waals surface area contributed by atoms with Crippen molar-refractivity contribution in [2.24, 2.45) is 5.92 Å². The third-order valence-corrected chi connectivity index (χ3v) is 3.13. The molecule has 0 aromatic rings. The Morgan fingerprint density at radius 3 is 2.69 bits per heavy atom. The first-order valence-corrected chi connectivity index (χ1v) is 5.59. The van der Waals surface area contributed by atoms with Gasteiger partial charge in [0.05, 0.1) is 5.92 Å². The Morgan fingerprint density at radius 2 is 2.19 bits per heavy atom. The maximum absolute atomic E-state index is 11.8. The number of carboxylic acid groups (broad SMARTS) is 1. The lowest BCUT2D eigenvalue weighted by molar-refractivity contribution is -0.143. The number of carbonyl (C=O) groups excluding carboxylic acids is 1. The number of rotatable bonds is 5. The molecule has 1 fully saturated rings. The fourth-order valence-corrected chi connectivity index (χ4v) is 2.13. The fraction of sp³-hybridized carbons (Fsp3) is 0.818. The van der Waals surface area contributed by atoms with Crippen molar-refractivity contribution in [3.8, 4) is 0 Å². The van der Waals surface area contributed by atoms with Crippen LogP contribution in [0.25, 0.3) is 0 Å². The zero-order valence-electron chi connectivity index (χ0n) is 9.81. The molecule has 2 atom stereocenters. The lowest BCUT2D eigenvalue weighted by Crippen LogP contribution is -2.37. The zero-order chi connectivity index (χ0) is 12.1. The molecule has 0 aromatic carbocycles. The molecule has 0 saturated carbocycles. The number of carbonyl (C=O) groups is 2. The molecule has 5 heteroatoms. The lowest BCUT2D eigenvalue weighted by atomic mass is 10.0. The van der Waals surface area contributed by atoms with Gasteiger partial charge in [0.15, 0.2) is 0 Å². The maximum Gasteiger partial charge on any atom is 0.308 e. The zero-order valence-corrected chi connectivity index (χ0v) is 9.81. The molecule has 1 N–H and O–H groups in total. The summed E-state index contributed by atoms with van der Waals surface area (Å²) in [6, 6.07) is -0.187. The van der Waals surface area contributed by atoms with Crippen LogP contribution in [0.4, 0.5) is 0 Å². The Morgan fingerprint density at radius 1 is 1.50 bits per heavy atom. The minimum atomic E-state index is -0.806. The van der Waals surface area contributed by atoms with Gasteiger partial charge in [-0.15, -0.1) is 0 Å². The number of methoxy groups -OCH3 is 1. The number of hydrogen-bond donors (Lipinski definition) is 1. The largest absolute Gasteiger partial charge is 0.481 e. The van der Waals surface area contributed by atoms with E-state index in [-0.39, 0.29) is 11.9 Å². The van der Waals surface area contributed by atoms with Crippen LogP contribution in [0.15, 0.2) is 0 Å². The van der Waals surface area contributed by atoms with E-state index in [1.807, 2.05) is 0 Å². The van der Waals surface area contributed by atoms with Crippen molar-refractivity contribution < 1.29 is 19.4 Å². The summed E-state index contributed by atoms with van der Waals surface area (Å²) in [5, 5.41) is 8.94. The van der Waals surface area contributed by atoms with Gasteiger partial charge in [-0.25, -0.2) is 0 Å². The van der Waals surface area contributed by atoms with Crippen molar-refractivity contribution in [3.63, 3.8) is 0 Å². The standard InChI is InChI=1S/C11H19NO4/c1-8-9(11(14)15)5-6-12(8)10(13)4-3-7-16-2/h8-9H,3-7H2,1-2H3,(H,14,15). The summed E-state index contributed by atoms with van der Waals surface area (Å²) in [6.45, 7) is 2.93. The molecule has 2 unspecified atom stereocenters. The second kappa shape index (κ2) is 5.84. The van der Waals surface area contributed by atoms with E-state index in [0.717, 1.165) is 0 Å². The molecule has 1 amide bonds. The molecule has 5 nitrogen and oxygen atoms in total. The SMILES string of the molecule is COCCCC(=O)N1CCC(C(=O)O)C1C. The third-order valence-electron chi connectivity index (χ3n) is 3.13. The Hall–Kier alpha value is -1.10. The summed E-state index contributed by atoms with van der Waals surface area (Å²) in [5.74, 6) is -1.18. The van der Waals surface area contributed by atoms with Crippen LogP contribution in [0.2, 0.25) is 0 Å². The van der Waals surface area contributed by atoms with Gasteiger partial charge in [0.2, 0.25) is 5.91 Å². The summed E-state index contributed by atoms with van der Waals surface area (Å²) in [6.07, 6.45) is 1.69. The van der Waals surface area contributed by atoms with Gasteiger partial charge in [0.1, 0.15) is 0 Å². The van der Waals surface area contributed by atoms with E-state index in [4.69, 9.17) is 9.84 Å². The normalized spacial score (nSPS) is 24.8. The van der Waals surface area contributed by atoms with Crippen LogP contribution in [-0.2, 0) is 14.3 Å². The summed E-state index contributed by atoms with van der Waals surface area (Å²) >= 11 is 0. The molecule has 1 aliphatic heterocycles. The Labute approximate surface area is 95.4 Å². The number of amides is 1. The first kappa shape index (κ1) is 13.0. The molecule has 1 saturated heterocycles. The van der Waals surface area contributed by atoms with Crippen molar-refractivity contribution in [3.05, 3.63) is 0 Å². The number of nitrogens with zero attached hydrogens (tertiary/aromatic N) is 1. The number of aliphatic carboxylic acids is 1. The van der Waals surface area contributed by atoms with E-state index < -0.39 is 11.9 Å². The van der Waals surface area contributed by atoms with Gasteiger partial charge < -0.3 is 14.7 Å². The van der Waals surface area contributed by atoms with Crippen molar-refractivity contribution in [2.75, 3.05) is 20.3 Å². The average molecular weight is 229 g/mol. The van der Waals surface area contributed by atoms with Crippen LogP contribution in [0.3, 0.4) is 0 Å². The Kier molecular flexibility index (Phi) is 4.73. The highest BCUT2D eigenvalue weighted by Gasteiger charge is 2.37. The van der Waals surface area contributed by atoms with Crippen molar-refractivity contribution in [2.45, 2.75) is 32.2 Å². The first-order valence-electron chi connectivity index (χ1n) is 5.59. The minimum Gasteiger partial charge on any atom is -0.481 e. The van der Waals surface area contributed by atoms with Crippen molar-refractivity contribution >= 4 is 11.9 Å². The van der Waals surface area contributed by atoms with Gasteiger partial charge in [0, 0.05) is 32.7 Å². The quantitative estimate of drug-likeness (QED) is 0.706. The molecule has 0 spiro atoms. The highest BCUT2D eigenvalue weighted by molar-refractivity contribution is 5.79. The molecule has 16 heavy (non-hydrogen) atoms. The predicted octanol–water partition coefficient (Wildman–Crippen LogP) is 0.735. The number of hydrogen-bond acceptors (Lipinski definition) is 3. The molecule has 0 aromatic heterocycles. The van der Waals surface area contributed by atoms with Gasteiger partial charge in [-0.2, -0.15) is 0 Å². The van der Waals surface area contributed by atoms with Crippen LogP contribution < -0.4 is 0 Å². The number of ether oxygens (including phenoxy) is 1. The molecule has 1 heterocycles. The molecular weight excluding hydrogens is 210 g/mol. The molecule has 1 aliphatic rings. The smallest absolute Gasteiger partial charge is 0.308 e. The van der Waals surface area contributed by atoms with Crippen LogP contribution in [0, 0.1) is 5.92 Å². The van der Waals surface area contributed by atoms with Crippen LogP contribution in [-0.4, -0.2) is 48.2 Å². The van der Waals surface area contributed by atoms with Crippen molar-refractivity contribution in [1.82, 2.24) is 4.90 Å². The molecule has 92 valence electrons. The summed E-state index contributed by atoms with van der Waals surface area (Å²) in [4.78, 5) is 24.3. The fourth-order valence-electron chi connectivity index (χ4n) is 2.13. The number of carboxylic acids is 1. The molecular formula is C11H19NO4. The monoisotopic (exact) mass is 229 g/mol. The second-order valence-electron chi connectivity index (χ2n) is 4.16. The van der Waals surface area contributed by atoms with Gasteiger partial charge in [-0.3, -0.25) is 9.59 Å². The van der Waals surface area contributed by atoms with Gasteiger partial charge in [-0.1, -0.05) is 0 Å². The van der Waals surface area contributed by atoms with Crippen LogP contribution >= 0.6 is 0 Å². The molecule has 0 radical (unpaired) electrons. The van der Waals surface area contributed by atoms with Crippen molar-refractivity contribution in [1.29, 1.82) is 0 Å². The van der Waals surface area contributed by atoms with E-state index in [1.165, 1.54) is 0 Å². The number of likely N-dealkylation sites (tertiary alicyclic amines) is 1. The summed E-state index contributed by atoms with van der Waals surface area (Å²) < 4.78 is 4.88. The molecule has 0 bridgehead atoms. The van der Waals surface area contributed by atoms with Gasteiger partial charge >= 0.3 is 5.97 Å². The predicted molar refractivity (Wildman–Crippen MR) is 58.0 cm³/mol. The Bertz CT molecular complexity index is 267. The van der Waals surface area contributed by atoms with E-state index >= 15 is 0 Å². The summed E-state index contributed by atoms with van der Waals surface area (Å²) in [5.41, 5.74) is 0. The maximum atomic E-state index is 11.8. The highest BCUT2D eigenvalue weighted by Crippen LogP contribution is 2.25.